The van der Waals surface area contributed by atoms with Crippen molar-refractivity contribution in [3.8, 4) is 0 Å². The zero-order valence-corrected chi connectivity index (χ0v) is 11.7. The van der Waals surface area contributed by atoms with Gasteiger partial charge >= 0.3 is 5.97 Å². The van der Waals surface area contributed by atoms with Crippen molar-refractivity contribution in [3.05, 3.63) is 34.9 Å². The van der Waals surface area contributed by atoms with Crippen molar-refractivity contribution in [2.75, 3.05) is 7.11 Å². The molecule has 0 radical (unpaired) electrons. The van der Waals surface area contributed by atoms with E-state index < -0.39 is 12.0 Å². The number of aliphatic hydroxyl groups excluding tert-OH is 1. The summed E-state index contributed by atoms with van der Waals surface area (Å²) in [7, 11) is 1.35. The summed E-state index contributed by atoms with van der Waals surface area (Å²) < 4.78 is 4.79. The van der Waals surface area contributed by atoms with Crippen LogP contribution >= 0.6 is 0 Å². The van der Waals surface area contributed by atoms with E-state index in [0.29, 0.717) is 0 Å². The van der Waals surface area contributed by atoms with Gasteiger partial charge in [-0.25, -0.2) is 0 Å². The van der Waals surface area contributed by atoms with Crippen molar-refractivity contribution in [1.29, 1.82) is 0 Å². The first-order valence-corrected chi connectivity index (χ1v) is 6.21. The van der Waals surface area contributed by atoms with E-state index >= 15 is 0 Å². The third-order valence-corrected chi connectivity index (χ3v) is 3.29. The molecule has 1 aromatic rings. The van der Waals surface area contributed by atoms with Gasteiger partial charge in [-0.15, -0.1) is 0 Å². The first-order valence-electron chi connectivity index (χ1n) is 6.21. The fourth-order valence-electron chi connectivity index (χ4n) is 2.17. The van der Waals surface area contributed by atoms with Gasteiger partial charge in [0.1, 0.15) is 0 Å². The molecule has 18 heavy (non-hydrogen) atoms. The normalized spacial score (nSPS) is 14.4. The molecular formula is C15H22O3. The second-order valence-electron chi connectivity index (χ2n) is 5.10. The minimum absolute atomic E-state index is 0.0207. The molecule has 0 aliphatic carbocycles. The number of aryl methyl sites for hydroxylation is 2. The summed E-state index contributed by atoms with van der Waals surface area (Å²) >= 11 is 0. The van der Waals surface area contributed by atoms with E-state index in [-0.39, 0.29) is 11.9 Å². The Morgan fingerprint density at radius 3 is 2.39 bits per heavy atom. The fourth-order valence-corrected chi connectivity index (χ4v) is 2.17. The summed E-state index contributed by atoms with van der Waals surface area (Å²) in [6, 6.07) is 5.88. The molecule has 2 unspecified atom stereocenters. The maximum atomic E-state index is 11.8. The highest BCUT2D eigenvalue weighted by Crippen LogP contribution is 2.31. The van der Waals surface area contributed by atoms with Crippen LogP contribution in [-0.2, 0) is 9.53 Å². The fraction of sp³-hybridized carbons (Fsp3) is 0.533. The highest BCUT2D eigenvalue weighted by Gasteiger charge is 2.32. The zero-order chi connectivity index (χ0) is 13.9. The van der Waals surface area contributed by atoms with Crippen molar-refractivity contribution in [1.82, 2.24) is 0 Å². The van der Waals surface area contributed by atoms with Crippen LogP contribution in [0.15, 0.2) is 18.2 Å². The Balaban J connectivity index is 3.13. The minimum atomic E-state index is -0.822. The van der Waals surface area contributed by atoms with Gasteiger partial charge in [0.15, 0.2) is 0 Å². The number of rotatable bonds is 4. The average molecular weight is 250 g/mol. The second-order valence-corrected chi connectivity index (χ2v) is 5.10. The number of carbonyl (C=O) groups is 1. The van der Waals surface area contributed by atoms with Gasteiger partial charge in [-0.05, 0) is 30.9 Å². The van der Waals surface area contributed by atoms with Crippen molar-refractivity contribution in [3.63, 3.8) is 0 Å². The maximum Gasteiger partial charge on any atom is 0.311 e. The smallest absolute Gasteiger partial charge is 0.311 e. The van der Waals surface area contributed by atoms with Gasteiger partial charge < -0.3 is 9.84 Å². The first-order chi connectivity index (χ1) is 8.38. The molecule has 0 aliphatic rings. The van der Waals surface area contributed by atoms with E-state index in [2.05, 4.69) is 0 Å². The lowest BCUT2D eigenvalue weighted by atomic mass is 9.84. The van der Waals surface area contributed by atoms with Gasteiger partial charge in [0.05, 0.1) is 19.1 Å². The van der Waals surface area contributed by atoms with Gasteiger partial charge in [-0.2, -0.15) is 0 Å². The summed E-state index contributed by atoms with van der Waals surface area (Å²) in [5, 5.41) is 10.5. The van der Waals surface area contributed by atoms with Crippen molar-refractivity contribution >= 4 is 5.97 Å². The van der Waals surface area contributed by atoms with Crippen LogP contribution in [0.3, 0.4) is 0 Å². The lowest BCUT2D eigenvalue weighted by Crippen LogP contribution is -2.28. The third-order valence-electron chi connectivity index (χ3n) is 3.29. The number of methoxy groups -OCH3 is 1. The van der Waals surface area contributed by atoms with E-state index in [4.69, 9.17) is 4.74 Å². The number of hydrogen-bond acceptors (Lipinski definition) is 3. The molecule has 0 bridgehead atoms. The quantitative estimate of drug-likeness (QED) is 0.836. The Bertz CT molecular complexity index is 424. The molecule has 1 N–H and O–H groups in total. The lowest BCUT2D eigenvalue weighted by Gasteiger charge is -2.25. The Kier molecular flexibility index (Phi) is 4.91. The van der Waals surface area contributed by atoms with Crippen LogP contribution in [0.25, 0.3) is 0 Å². The first kappa shape index (κ1) is 14.7. The van der Waals surface area contributed by atoms with Crippen LogP contribution in [-0.4, -0.2) is 18.2 Å². The second kappa shape index (κ2) is 6.01. The SMILES string of the molecule is COC(=O)C(C(C)C)C(O)c1cc(C)ccc1C. The van der Waals surface area contributed by atoms with Crippen LogP contribution in [0, 0.1) is 25.7 Å². The number of hydrogen-bond donors (Lipinski definition) is 1. The summed E-state index contributed by atoms with van der Waals surface area (Å²) in [5.41, 5.74) is 2.86. The number of carbonyl (C=O) groups excluding carboxylic acids is 1. The molecule has 0 saturated heterocycles. The summed E-state index contributed by atoms with van der Waals surface area (Å²) in [6.45, 7) is 7.73. The molecule has 0 aromatic heterocycles. The van der Waals surface area contributed by atoms with Crippen LogP contribution in [0.1, 0.15) is 36.6 Å². The standard InChI is InChI=1S/C15H22O3/c1-9(2)13(15(17)18-5)14(16)12-8-10(3)6-7-11(12)4/h6-9,13-14,16H,1-5H3. The molecular weight excluding hydrogens is 228 g/mol. The molecule has 0 aliphatic heterocycles. The number of aliphatic hydroxyl groups is 1. The Morgan fingerprint density at radius 2 is 1.89 bits per heavy atom. The third kappa shape index (κ3) is 3.10. The van der Waals surface area contributed by atoms with E-state index in [1.807, 2.05) is 45.9 Å². The van der Waals surface area contributed by atoms with Crippen molar-refractivity contribution in [2.24, 2.45) is 11.8 Å². The molecule has 3 heteroatoms. The zero-order valence-electron chi connectivity index (χ0n) is 11.7. The predicted molar refractivity (Wildman–Crippen MR) is 71.2 cm³/mol. The van der Waals surface area contributed by atoms with Crippen LogP contribution in [0.5, 0.6) is 0 Å². The van der Waals surface area contributed by atoms with E-state index in [0.717, 1.165) is 16.7 Å². The van der Waals surface area contributed by atoms with Gasteiger partial charge in [0.2, 0.25) is 0 Å². The van der Waals surface area contributed by atoms with Gasteiger partial charge in [0, 0.05) is 0 Å². The highest BCUT2D eigenvalue weighted by atomic mass is 16.5. The number of benzene rings is 1. The van der Waals surface area contributed by atoms with Crippen molar-refractivity contribution in [2.45, 2.75) is 33.8 Å². The van der Waals surface area contributed by atoms with Gasteiger partial charge in [-0.3, -0.25) is 4.79 Å². The monoisotopic (exact) mass is 250 g/mol. The van der Waals surface area contributed by atoms with Crippen LogP contribution < -0.4 is 0 Å². The Hall–Kier alpha value is -1.35. The number of ether oxygens (including phenoxy) is 1. The average Bonchev–Trinajstić information content (AvgIpc) is 2.31. The molecule has 0 fully saturated rings. The predicted octanol–water partition coefficient (Wildman–Crippen LogP) is 2.78. The van der Waals surface area contributed by atoms with Gasteiger partial charge in [-0.1, -0.05) is 37.6 Å². The van der Waals surface area contributed by atoms with Crippen molar-refractivity contribution < 1.29 is 14.6 Å². The molecule has 0 spiro atoms. The van der Waals surface area contributed by atoms with Gasteiger partial charge in [0.25, 0.3) is 0 Å². The van der Waals surface area contributed by atoms with E-state index in [1.165, 1.54) is 7.11 Å². The summed E-state index contributed by atoms with van der Waals surface area (Å²) in [5.74, 6) is -0.874. The molecule has 0 saturated carbocycles. The molecule has 0 heterocycles. The molecule has 3 nitrogen and oxygen atoms in total. The summed E-state index contributed by atoms with van der Waals surface area (Å²) in [6.07, 6.45) is -0.822. The maximum absolute atomic E-state index is 11.8. The Morgan fingerprint density at radius 1 is 1.28 bits per heavy atom. The topological polar surface area (TPSA) is 46.5 Å². The summed E-state index contributed by atoms with van der Waals surface area (Å²) in [4.78, 5) is 11.8. The number of esters is 1. The van der Waals surface area contributed by atoms with E-state index in [1.54, 1.807) is 0 Å². The molecule has 2 atom stereocenters. The molecule has 100 valence electrons. The van der Waals surface area contributed by atoms with E-state index in [9.17, 15) is 9.90 Å². The molecule has 1 rings (SSSR count). The molecule has 1 aromatic carbocycles. The van der Waals surface area contributed by atoms with Crippen LogP contribution in [0.4, 0.5) is 0 Å². The highest BCUT2D eigenvalue weighted by molar-refractivity contribution is 5.73. The van der Waals surface area contributed by atoms with Crippen LogP contribution in [0.2, 0.25) is 0 Å². The molecule has 0 amide bonds. The largest absolute Gasteiger partial charge is 0.469 e. The Labute approximate surface area is 109 Å². The lowest BCUT2D eigenvalue weighted by molar-refractivity contribution is -0.152. The minimum Gasteiger partial charge on any atom is -0.469 e.